The normalized spacial score (nSPS) is 10.6. The summed E-state index contributed by atoms with van der Waals surface area (Å²) in [4.78, 5) is 16.3. The Hall–Kier alpha value is -3.45. The van der Waals surface area contributed by atoms with Crippen LogP contribution in [0.4, 0.5) is 0 Å². The van der Waals surface area contributed by atoms with Crippen LogP contribution >= 0.6 is 11.8 Å². The van der Waals surface area contributed by atoms with E-state index in [4.69, 9.17) is 4.74 Å². The lowest BCUT2D eigenvalue weighted by molar-refractivity contribution is -0.141. The second kappa shape index (κ2) is 9.16. The van der Waals surface area contributed by atoms with E-state index in [0.717, 1.165) is 16.8 Å². The van der Waals surface area contributed by atoms with Gasteiger partial charge in [0.2, 0.25) is 0 Å². The van der Waals surface area contributed by atoms with Crippen LogP contribution in [0.3, 0.4) is 0 Å². The molecule has 0 unspecified atom stereocenters. The molecule has 2 aromatic carbocycles. The third-order valence-corrected chi connectivity index (χ3v) is 5.05. The number of aromatic nitrogens is 4. The van der Waals surface area contributed by atoms with E-state index in [0.29, 0.717) is 11.0 Å². The first-order valence-electron chi connectivity index (χ1n) is 9.05. The molecule has 0 aliphatic carbocycles. The molecule has 0 amide bonds. The first kappa shape index (κ1) is 18.9. The maximum atomic E-state index is 12.2. The van der Waals surface area contributed by atoms with Crippen LogP contribution in [0.5, 0.6) is 0 Å². The van der Waals surface area contributed by atoms with Gasteiger partial charge in [-0.15, -0.1) is 10.2 Å². The van der Waals surface area contributed by atoms with Crippen LogP contribution in [-0.2, 0) is 16.1 Å². The largest absolute Gasteiger partial charge is 0.460 e. The van der Waals surface area contributed by atoms with Crippen LogP contribution in [0.2, 0.25) is 0 Å². The number of pyridine rings is 1. The fourth-order valence-corrected chi connectivity index (χ4v) is 3.51. The van der Waals surface area contributed by atoms with Gasteiger partial charge in [-0.2, -0.15) is 0 Å². The SMILES string of the molecule is O=C(CSc1nnc(-c2ccncc2)n1-c1ccccc1)OCc1ccccc1. The summed E-state index contributed by atoms with van der Waals surface area (Å²) in [6.07, 6.45) is 3.43. The number of nitrogens with zero attached hydrogens (tertiary/aromatic N) is 4. The lowest BCUT2D eigenvalue weighted by Crippen LogP contribution is -2.08. The van der Waals surface area contributed by atoms with E-state index in [2.05, 4.69) is 15.2 Å². The average molecular weight is 402 g/mol. The van der Waals surface area contributed by atoms with Gasteiger partial charge in [0, 0.05) is 23.6 Å². The van der Waals surface area contributed by atoms with Gasteiger partial charge in [-0.25, -0.2) is 0 Å². The van der Waals surface area contributed by atoms with Crippen molar-refractivity contribution in [2.24, 2.45) is 0 Å². The molecule has 6 nitrogen and oxygen atoms in total. The highest BCUT2D eigenvalue weighted by Gasteiger charge is 2.17. The Morgan fingerprint density at radius 3 is 2.31 bits per heavy atom. The summed E-state index contributed by atoms with van der Waals surface area (Å²) in [7, 11) is 0. The van der Waals surface area contributed by atoms with Crippen molar-refractivity contribution in [3.8, 4) is 17.1 Å². The fraction of sp³-hybridized carbons (Fsp3) is 0.0909. The van der Waals surface area contributed by atoms with E-state index < -0.39 is 0 Å². The Morgan fingerprint density at radius 1 is 0.897 bits per heavy atom. The lowest BCUT2D eigenvalue weighted by atomic mass is 10.2. The van der Waals surface area contributed by atoms with Crippen molar-refractivity contribution >= 4 is 17.7 Å². The van der Waals surface area contributed by atoms with Gasteiger partial charge in [-0.3, -0.25) is 14.3 Å². The molecule has 4 aromatic rings. The molecule has 0 aliphatic heterocycles. The van der Waals surface area contributed by atoms with Gasteiger partial charge in [0.1, 0.15) is 6.61 Å². The zero-order chi connectivity index (χ0) is 19.9. The number of hydrogen-bond donors (Lipinski definition) is 0. The third-order valence-electron chi connectivity index (χ3n) is 4.15. The second-order valence-electron chi connectivity index (χ2n) is 6.15. The molecule has 0 saturated carbocycles. The Kier molecular flexibility index (Phi) is 5.97. The summed E-state index contributed by atoms with van der Waals surface area (Å²) >= 11 is 1.30. The molecule has 0 fully saturated rings. The molecule has 0 atom stereocenters. The molecular weight excluding hydrogens is 384 g/mol. The summed E-state index contributed by atoms with van der Waals surface area (Å²) in [5.41, 5.74) is 2.78. The van der Waals surface area contributed by atoms with Crippen molar-refractivity contribution in [1.29, 1.82) is 0 Å². The molecule has 0 saturated heterocycles. The molecular formula is C22H18N4O2S. The molecule has 2 aromatic heterocycles. The van der Waals surface area contributed by atoms with Crippen molar-refractivity contribution in [2.45, 2.75) is 11.8 Å². The van der Waals surface area contributed by atoms with Crippen molar-refractivity contribution in [3.05, 3.63) is 90.8 Å². The molecule has 144 valence electrons. The molecule has 29 heavy (non-hydrogen) atoms. The zero-order valence-corrected chi connectivity index (χ0v) is 16.3. The van der Waals surface area contributed by atoms with Gasteiger partial charge in [-0.1, -0.05) is 60.3 Å². The maximum absolute atomic E-state index is 12.2. The maximum Gasteiger partial charge on any atom is 0.316 e. The molecule has 4 rings (SSSR count). The van der Waals surface area contributed by atoms with E-state index in [1.54, 1.807) is 12.4 Å². The van der Waals surface area contributed by atoms with Crippen molar-refractivity contribution in [3.63, 3.8) is 0 Å². The molecule has 0 bridgehead atoms. The van der Waals surface area contributed by atoms with E-state index in [1.165, 1.54) is 11.8 Å². The van der Waals surface area contributed by atoms with Crippen molar-refractivity contribution < 1.29 is 9.53 Å². The minimum Gasteiger partial charge on any atom is -0.460 e. The fourth-order valence-electron chi connectivity index (χ4n) is 2.76. The van der Waals surface area contributed by atoms with Crippen molar-refractivity contribution in [2.75, 3.05) is 5.75 Å². The molecule has 2 heterocycles. The predicted octanol–water partition coefficient (Wildman–Crippen LogP) is 4.16. The van der Waals surface area contributed by atoms with Gasteiger partial charge in [-0.05, 0) is 29.8 Å². The van der Waals surface area contributed by atoms with Gasteiger partial charge in [0.15, 0.2) is 11.0 Å². The van der Waals surface area contributed by atoms with E-state index >= 15 is 0 Å². The van der Waals surface area contributed by atoms with Crippen LogP contribution in [0.1, 0.15) is 5.56 Å². The minimum atomic E-state index is -0.299. The number of hydrogen-bond acceptors (Lipinski definition) is 6. The Labute approximate surface area is 172 Å². The number of carbonyl (C=O) groups excluding carboxylic acids is 1. The van der Waals surface area contributed by atoms with Gasteiger partial charge < -0.3 is 4.74 Å². The number of benzene rings is 2. The van der Waals surface area contributed by atoms with Gasteiger partial charge in [0.05, 0.1) is 5.75 Å². The number of rotatable bonds is 7. The number of thioether (sulfide) groups is 1. The molecule has 0 N–H and O–H groups in total. The smallest absolute Gasteiger partial charge is 0.316 e. The van der Waals surface area contributed by atoms with Crippen LogP contribution in [0, 0.1) is 0 Å². The van der Waals surface area contributed by atoms with Crippen molar-refractivity contribution in [1.82, 2.24) is 19.7 Å². The predicted molar refractivity (Wildman–Crippen MR) is 112 cm³/mol. The number of para-hydroxylation sites is 1. The summed E-state index contributed by atoms with van der Waals surface area (Å²) in [5, 5.41) is 9.28. The minimum absolute atomic E-state index is 0.147. The monoisotopic (exact) mass is 402 g/mol. The first-order chi connectivity index (χ1) is 14.3. The molecule has 0 spiro atoms. The Morgan fingerprint density at radius 2 is 1.59 bits per heavy atom. The number of carbonyl (C=O) groups is 1. The van der Waals surface area contributed by atoms with Gasteiger partial charge >= 0.3 is 5.97 Å². The van der Waals surface area contributed by atoms with Crippen LogP contribution in [-0.4, -0.2) is 31.5 Å². The lowest BCUT2D eigenvalue weighted by Gasteiger charge is -2.10. The summed E-state index contributed by atoms with van der Waals surface area (Å²) in [6, 6.07) is 23.2. The van der Waals surface area contributed by atoms with Crippen LogP contribution < -0.4 is 0 Å². The molecule has 0 aliphatic rings. The highest BCUT2D eigenvalue weighted by Crippen LogP contribution is 2.27. The van der Waals surface area contributed by atoms with E-state index in [9.17, 15) is 4.79 Å². The number of ether oxygens (including phenoxy) is 1. The quantitative estimate of drug-likeness (QED) is 0.341. The second-order valence-corrected chi connectivity index (χ2v) is 7.09. The summed E-state index contributed by atoms with van der Waals surface area (Å²) in [6.45, 7) is 0.258. The standard InChI is InChI=1S/C22H18N4O2S/c27-20(28-15-17-7-3-1-4-8-17)16-29-22-25-24-21(18-11-13-23-14-12-18)26(22)19-9-5-2-6-10-19/h1-14H,15-16H2. The molecule has 0 radical (unpaired) electrons. The molecule has 7 heteroatoms. The zero-order valence-electron chi connectivity index (χ0n) is 15.5. The average Bonchev–Trinajstić information content (AvgIpc) is 3.22. The highest BCUT2D eigenvalue weighted by atomic mass is 32.2. The van der Waals surface area contributed by atoms with Crippen LogP contribution in [0.15, 0.2) is 90.3 Å². The summed E-state index contributed by atoms with van der Waals surface area (Å²) < 4.78 is 7.30. The summed E-state index contributed by atoms with van der Waals surface area (Å²) in [5.74, 6) is 0.541. The number of esters is 1. The Balaban J connectivity index is 1.51. The van der Waals surface area contributed by atoms with Crippen LogP contribution in [0.25, 0.3) is 17.1 Å². The highest BCUT2D eigenvalue weighted by molar-refractivity contribution is 7.99. The Bertz CT molecular complexity index is 1070. The first-order valence-corrected chi connectivity index (χ1v) is 10.0. The van der Waals surface area contributed by atoms with E-state index in [1.807, 2.05) is 77.4 Å². The topological polar surface area (TPSA) is 69.9 Å². The van der Waals surface area contributed by atoms with Gasteiger partial charge in [0.25, 0.3) is 0 Å². The van der Waals surface area contributed by atoms with E-state index in [-0.39, 0.29) is 18.3 Å². The third kappa shape index (κ3) is 4.70.